The minimum atomic E-state index is -0.859. The van der Waals surface area contributed by atoms with Crippen LogP contribution in [0.2, 0.25) is 0 Å². The van der Waals surface area contributed by atoms with Crippen molar-refractivity contribution in [3.63, 3.8) is 0 Å². The van der Waals surface area contributed by atoms with E-state index in [2.05, 4.69) is 0 Å². The fraction of sp³-hybridized carbons (Fsp3) is 0.900. The Morgan fingerprint density at radius 1 is 1.40 bits per heavy atom. The van der Waals surface area contributed by atoms with E-state index in [4.69, 9.17) is 9.84 Å². The summed E-state index contributed by atoms with van der Waals surface area (Å²) in [5.41, 5.74) is -0.760. The topological polar surface area (TPSA) is 70.0 Å². The highest BCUT2D eigenvalue weighted by molar-refractivity contribution is 5.69. The number of aliphatic hydroxyl groups is 1. The summed E-state index contributed by atoms with van der Waals surface area (Å²) in [7, 11) is 1.58. The Kier molecular flexibility index (Phi) is 6.47. The van der Waals surface area contributed by atoms with E-state index in [-0.39, 0.29) is 6.54 Å². The second-order valence-corrected chi connectivity index (χ2v) is 4.23. The number of methoxy groups -OCH3 is 1. The molecule has 0 aromatic heterocycles. The summed E-state index contributed by atoms with van der Waals surface area (Å²) in [4.78, 5) is 12.3. The molecule has 0 unspecified atom stereocenters. The van der Waals surface area contributed by atoms with E-state index in [0.717, 1.165) is 0 Å². The molecule has 0 aliphatic carbocycles. The summed E-state index contributed by atoms with van der Waals surface area (Å²) in [6, 6.07) is 0. The summed E-state index contributed by atoms with van der Waals surface area (Å²) < 4.78 is 4.89. The van der Waals surface area contributed by atoms with Crippen LogP contribution in [0.1, 0.15) is 20.3 Å². The van der Waals surface area contributed by atoms with E-state index < -0.39 is 11.6 Å². The lowest BCUT2D eigenvalue weighted by Gasteiger charge is -2.24. The Bertz CT molecular complexity index is 188. The summed E-state index contributed by atoms with van der Waals surface area (Å²) in [5, 5.41) is 18.2. The molecule has 0 rings (SSSR count). The number of hydrogen-bond donors (Lipinski definition) is 2. The molecule has 5 nitrogen and oxygen atoms in total. The van der Waals surface area contributed by atoms with Gasteiger partial charge in [-0.15, -0.1) is 0 Å². The zero-order valence-corrected chi connectivity index (χ0v) is 9.69. The smallest absolute Gasteiger partial charge is 0.317 e. The van der Waals surface area contributed by atoms with Crippen LogP contribution in [0, 0.1) is 0 Å². The third kappa shape index (κ3) is 9.65. The number of aliphatic carboxylic acids is 1. The van der Waals surface area contributed by atoms with Crippen molar-refractivity contribution in [1.29, 1.82) is 0 Å². The van der Waals surface area contributed by atoms with Gasteiger partial charge in [-0.05, 0) is 20.3 Å². The maximum absolute atomic E-state index is 10.6. The third-order valence-corrected chi connectivity index (χ3v) is 2.01. The van der Waals surface area contributed by atoms with Gasteiger partial charge in [0.05, 0.1) is 18.8 Å². The van der Waals surface area contributed by atoms with Gasteiger partial charge in [0.25, 0.3) is 0 Å². The maximum Gasteiger partial charge on any atom is 0.317 e. The molecule has 90 valence electrons. The van der Waals surface area contributed by atoms with Crippen molar-refractivity contribution in [2.24, 2.45) is 0 Å². The summed E-state index contributed by atoms with van der Waals surface area (Å²) >= 11 is 0. The lowest BCUT2D eigenvalue weighted by atomic mass is 10.1. The molecule has 0 heterocycles. The SMILES string of the molecule is COCCN(CCC(C)(C)O)CC(=O)O. The number of rotatable bonds is 8. The highest BCUT2D eigenvalue weighted by Gasteiger charge is 2.16. The first kappa shape index (κ1) is 14.3. The quantitative estimate of drug-likeness (QED) is 0.609. The molecule has 15 heavy (non-hydrogen) atoms. The number of carboxylic acid groups (broad SMARTS) is 1. The van der Waals surface area contributed by atoms with Gasteiger partial charge in [-0.1, -0.05) is 0 Å². The first-order valence-corrected chi connectivity index (χ1v) is 5.00. The van der Waals surface area contributed by atoms with Crippen LogP contribution in [0.15, 0.2) is 0 Å². The first-order chi connectivity index (χ1) is 6.85. The lowest BCUT2D eigenvalue weighted by molar-refractivity contribution is -0.138. The highest BCUT2D eigenvalue weighted by Crippen LogP contribution is 2.08. The van der Waals surface area contributed by atoms with Crippen LogP contribution in [-0.2, 0) is 9.53 Å². The second kappa shape index (κ2) is 6.76. The van der Waals surface area contributed by atoms with Crippen molar-refractivity contribution in [1.82, 2.24) is 4.90 Å². The molecule has 0 radical (unpaired) electrons. The molecule has 0 aromatic rings. The zero-order chi connectivity index (χ0) is 11.9. The van der Waals surface area contributed by atoms with Crippen molar-refractivity contribution >= 4 is 5.97 Å². The predicted octanol–water partition coefficient (Wildman–Crippen LogP) is 0.180. The molecule has 0 spiro atoms. The summed E-state index contributed by atoms with van der Waals surface area (Å²) in [6.07, 6.45) is 0.546. The van der Waals surface area contributed by atoms with Gasteiger partial charge in [0.15, 0.2) is 0 Å². The Morgan fingerprint density at radius 3 is 2.40 bits per heavy atom. The van der Waals surface area contributed by atoms with Crippen LogP contribution in [-0.4, -0.2) is 60.0 Å². The van der Waals surface area contributed by atoms with Gasteiger partial charge in [0.2, 0.25) is 0 Å². The van der Waals surface area contributed by atoms with Crippen molar-refractivity contribution in [2.45, 2.75) is 25.9 Å². The van der Waals surface area contributed by atoms with E-state index in [0.29, 0.717) is 26.1 Å². The minimum Gasteiger partial charge on any atom is -0.480 e. The van der Waals surface area contributed by atoms with Crippen LogP contribution in [0.3, 0.4) is 0 Å². The van der Waals surface area contributed by atoms with Crippen molar-refractivity contribution in [3.8, 4) is 0 Å². The molecule has 0 aromatic carbocycles. The largest absolute Gasteiger partial charge is 0.480 e. The minimum absolute atomic E-state index is 0.0144. The molecular weight excluding hydrogens is 198 g/mol. The molecule has 0 bridgehead atoms. The zero-order valence-electron chi connectivity index (χ0n) is 9.69. The van der Waals surface area contributed by atoms with Crippen molar-refractivity contribution < 1.29 is 19.7 Å². The Balaban J connectivity index is 3.95. The Hall–Kier alpha value is -0.650. The molecule has 0 saturated heterocycles. The fourth-order valence-electron chi connectivity index (χ4n) is 1.11. The molecule has 0 aliphatic heterocycles. The van der Waals surface area contributed by atoms with E-state index in [9.17, 15) is 9.90 Å². The predicted molar refractivity (Wildman–Crippen MR) is 56.9 cm³/mol. The van der Waals surface area contributed by atoms with Gasteiger partial charge in [0, 0.05) is 20.2 Å². The van der Waals surface area contributed by atoms with Crippen LogP contribution < -0.4 is 0 Å². The molecule has 0 saturated carbocycles. The average Bonchev–Trinajstić information content (AvgIpc) is 2.07. The average molecular weight is 219 g/mol. The third-order valence-electron chi connectivity index (χ3n) is 2.01. The van der Waals surface area contributed by atoms with Gasteiger partial charge < -0.3 is 14.9 Å². The maximum atomic E-state index is 10.6. The Morgan fingerprint density at radius 2 is 2.00 bits per heavy atom. The molecule has 2 N–H and O–H groups in total. The van der Waals surface area contributed by atoms with E-state index >= 15 is 0 Å². The standard InChI is InChI=1S/C10H21NO4/c1-10(2,14)4-5-11(6-7-15-3)8-9(12)13/h14H,4-8H2,1-3H3,(H,12,13). The molecule has 0 fully saturated rings. The molecular formula is C10H21NO4. The van der Waals surface area contributed by atoms with E-state index in [1.54, 1.807) is 25.9 Å². The number of nitrogens with zero attached hydrogens (tertiary/aromatic N) is 1. The van der Waals surface area contributed by atoms with Gasteiger partial charge in [0.1, 0.15) is 0 Å². The number of carbonyl (C=O) groups is 1. The van der Waals surface area contributed by atoms with Crippen LogP contribution in [0.25, 0.3) is 0 Å². The van der Waals surface area contributed by atoms with Crippen LogP contribution in [0.5, 0.6) is 0 Å². The Labute approximate surface area is 90.6 Å². The van der Waals surface area contributed by atoms with Gasteiger partial charge in [-0.3, -0.25) is 9.69 Å². The number of hydrogen-bond acceptors (Lipinski definition) is 4. The van der Waals surface area contributed by atoms with Gasteiger partial charge in [-0.2, -0.15) is 0 Å². The number of ether oxygens (including phenoxy) is 1. The number of carboxylic acids is 1. The monoisotopic (exact) mass is 219 g/mol. The van der Waals surface area contributed by atoms with Gasteiger partial charge in [-0.25, -0.2) is 0 Å². The highest BCUT2D eigenvalue weighted by atomic mass is 16.5. The fourth-order valence-corrected chi connectivity index (χ4v) is 1.11. The first-order valence-electron chi connectivity index (χ1n) is 5.00. The van der Waals surface area contributed by atoms with E-state index in [1.807, 2.05) is 0 Å². The summed E-state index contributed by atoms with van der Waals surface area (Å²) in [6.45, 7) is 5.03. The van der Waals surface area contributed by atoms with Crippen LogP contribution >= 0.6 is 0 Å². The molecule has 0 amide bonds. The summed E-state index contributed by atoms with van der Waals surface area (Å²) in [5.74, 6) is -0.859. The van der Waals surface area contributed by atoms with E-state index in [1.165, 1.54) is 0 Å². The second-order valence-electron chi connectivity index (χ2n) is 4.23. The van der Waals surface area contributed by atoms with Gasteiger partial charge >= 0.3 is 5.97 Å². The normalized spacial score (nSPS) is 12.1. The molecule has 0 atom stereocenters. The molecule has 5 heteroatoms. The van der Waals surface area contributed by atoms with Crippen LogP contribution in [0.4, 0.5) is 0 Å². The lowest BCUT2D eigenvalue weighted by Crippen LogP contribution is -2.36. The van der Waals surface area contributed by atoms with Crippen molar-refractivity contribution in [2.75, 3.05) is 33.4 Å². The molecule has 0 aliphatic rings. The van der Waals surface area contributed by atoms with Crippen molar-refractivity contribution in [3.05, 3.63) is 0 Å².